The quantitative estimate of drug-likeness (QED) is 0.774. The van der Waals surface area contributed by atoms with Gasteiger partial charge in [0.2, 0.25) is 5.91 Å². The van der Waals surface area contributed by atoms with Crippen LogP contribution >= 0.6 is 0 Å². The number of carbonyl (C=O) groups is 1. The van der Waals surface area contributed by atoms with Gasteiger partial charge in [-0.05, 0) is 38.5 Å². The number of aromatic nitrogens is 4. The number of amides is 1. The van der Waals surface area contributed by atoms with Gasteiger partial charge in [0, 0.05) is 7.05 Å². The molecule has 2 heterocycles. The highest BCUT2D eigenvalue weighted by molar-refractivity contribution is 5.84. The number of nitrogens with one attached hydrogen (secondary N) is 1. The third kappa shape index (κ3) is 3.09. The molecule has 0 aliphatic heterocycles. The average molecular weight is 341 g/mol. The molecule has 3 rings (SSSR count). The molecule has 2 unspecified atom stereocenters. The number of aryl methyl sites for hydroxylation is 2. The first-order valence-corrected chi connectivity index (χ1v) is 8.23. The molecule has 0 aliphatic carbocycles. The minimum atomic E-state index is -0.437. The number of benzene rings is 1. The van der Waals surface area contributed by atoms with E-state index >= 15 is 0 Å². The minimum Gasteiger partial charge on any atom is -0.497 e. The van der Waals surface area contributed by atoms with Crippen LogP contribution < -0.4 is 10.1 Å². The largest absolute Gasteiger partial charge is 0.497 e. The van der Waals surface area contributed by atoms with E-state index in [4.69, 9.17) is 4.74 Å². The Labute approximate surface area is 146 Å². The van der Waals surface area contributed by atoms with E-state index in [0.717, 1.165) is 28.0 Å². The maximum atomic E-state index is 12.7. The molecule has 1 N–H and O–H groups in total. The maximum Gasteiger partial charge on any atom is 0.245 e. The van der Waals surface area contributed by atoms with Crippen LogP contribution in [0.1, 0.15) is 37.2 Å². The summed E-state index contributed by atoms with van der Waals surface area (Å²) >= 11 is 0. The molecule has 0 saturated carbocycles. The SMILES string of the molecule is COc1cccc(C(C)NC(=O)C(C)n2ncc3c2c(C)nn3C)c1. The Morgan fingerprint density at radius 3 is 2.80 bits per heavy atom. The molecule has 1 aromatic carbocycles. The molecule has 0 saturated heterocycles. The zero-order chi connectivity index (χ0) is 18.1. The van der Waals surface area contributed by atoms with E-state index in [1.165, 1.54) is 0 Å². The number of rotatable bonds is 5. The summed E-state index contributed by atoms with van der Waals surface area (Å²) in [6.45, 7) is 5.71. The van der Waals surface area contributed by atoms with Gasteiger partial charge in [0.1, 0.15) is 22.8 Å². The highest BCUT2D eigenvalue weighted by Gasteiger charge is 2.22. The lowest BCUT2D eigenvalue weighted by atomic mass is 10.1. The normalized spacial score (nSPS) is 13.6. The van der Waals surface area contributed by atoms with Crippen molar-refractivity contribution in [2.24, 2.45) is 7.05 Å². The highest BCUT2D eigenvalue weighted by Crippen LogP contribution is 2.22. The third-order valence-electron chi connectivity index (χ3n) is 4.47. The molecule has 0 radical (unpaired) electrons. The second kappa shape index (κ2) is 6.58. The van der Waals surface area contributed by atoms with E-state index in [2.05, 4.69) is 15.5 Å². The van der Waals surface area contributed by atoms with Gasteiger partial charge in [0.25, 0.3) is 0 Å². The molecule has 0 bridgehead atoms. The number of ether oxygens (including phenoxy) is 1. The summed E-state index contributed by atoms with van der Waals surface area (Å²) in [5.74, 6) is 0.676. The van der Waals surface area contributed by atoms with Crippen molar-refractivity contribution < 1.29 is 9.53 Å². The van der Waals surface area contributed by atoms with Crippen molar-refractivity contribution in [2.75, 3.05) is 7.11 Å². The number of fused-ring (bicyclic) bond motifs is 1. The molecule has 0 aliphatic rings. The fourth-order valence-electron chi connectivity index (χ4n) is 3.00. The summed E-state index contributed by atoms with van der Waals surface area (Å²) < 4.78 is 8.75. The van der Waals surface area contributed by atoms with Gasteiger partial charge in [0.05, 0.1) is 25.0 Å². The Bertz CT molecular complexity index is 911. The van der Waals surface area contributed by atoms with Gasteiger partial charge < -0.3 is 10.1 Å². The molecule has 1 amide bonds. The molecule has 0 fully saturated rings. The summed E-state index contributed by atoms with van der Waals surface area (Å²) in [7, 11) is 3.50. The molecule has 2 atom stereocenters. The lowest BCUT2D eigenvalue weighted by Gasteiger charge is -2.19. The topological polar surface area (TPSA) is 74.0 Å². The minimum absolute atomic E-state index is 0.0939. The number of nitrogens with zero attached hydrogens (tertiary/aromatic N) is 4. The van der Waals surface area contributed by atoms with Crippen LogP contribution in [-0.2, 0) is 11.8 Å². The van der Waals surface area contributed by atoms with Gasteiger partial charge in [0.15, 0.2) is 0 Å². The molecular formula is C18H23N5O2. The maximum absolute atomic E-state index is 12.7. The van der Waals surface area contributed by atoms with Crippen LogP contribution in [-0.4, -0.2) is 32.6 Å². The van der Waals surface area contributed by atoms with E-state index in [9.17, 15) is 4.79 Å². The standard InChI is InChI=1S/C18H23N5O2/c1-11(14-7-6-8-15(9-14)25-5)20-18(24)13(3)23-17-12(2)21-22(4)16(17)10-19-23/h6-11,13H,1-5H3,(H,20,24). The van der Waals surface area contributed by atoms with Crippen molar-refractivity contribution in [3.63, 3.8) is 0 Å². The molecule has 25 heavy (non-hydrogen) atoms. The zero-order valence-electron chi connectivity index (χ0n) is 15.1. The van der Waals surface area contributed by atoms with Crippen molar-refractivity contribution in [2.45, 2.75) is 32.9 Å². The van der Waals surface area contributed by atoms with Crippen LogP contribution in [0.5, 0.6) is 5.75 Å². The van der Waals surface area contributed by atoms with Crippen LogP contribution in [0.25, 0.3) is 11.0 Å². The number of carbonyl (C=O) groups excluding carboxylic acids is 1. The molecule has 0 spiro atoms. The fraction of sp³-hybridized carbons (Fsp3) is 0.389. The van der Waals surface area contributed by atoms with Crippen LogP contribution in [0, 0.1) is 6.92 Å². The van der Waals surface area contributed by atoms with Crippen molar-refractivity contribution in [3.05, 3.63) is 41.7 Å². The van der Waals surface area contributed by atoms with Crippen LogP contribution in [0.2, 0.25) is 0 Å². The van der Waals surface area contributed by atoms with E-state index in [1.54, 1.807) is 22.7 Å². The first-order chi connectivity index (χ1) is 11.9. The Kier molecular flexibility index (Phi) is 4.48. The van der Waals surface area contributed by atoms with Gasteiger partial charge in [-0.2, -0.15) is 10.2 Å². The Hall–Kier alpha value is -2.83. The molecule has 3 aromatic rings. The zero-order valence-corrected chi connectivity index (χ0v) is 15.1. The second-order valence-electron chi connectivity index (χ2n) is 6.21. The van der Waals surface area contributed by atoms with Crippen LogP contribution in [0.15, 0.2) is 30.5 Å². The van der Waals surface area contributed by atoms with Gasteiger partial charge in [-0.15, -0.1) is 0 Å². The van der Waals surface area contributed by atoms with Gasteiger partial charge in [-0.1, -0.05) is 12.1 Å². The van der Waals surface area contributed by atoms with Crippen molar-refractivity contribution in [3.8, 4) is 5.75 Å². The van der Waals surface area contributed by atoms with Crippen molar-refractivity contribution >= 4 is 16.9 Å². The van der Waals surface area contributed by atoms with Gasteiger partial charge >= 0.3 is 0 Å². The van der Waals surface area contributed by atoms with Crippen LogP contribution in [0.4, 0.5) is 0 Å². The number of hydrogen-bond acceptors (Lipinski definition) is 4. The molecule has 132 valence electrons. The lowest BCUT2D eigenvalue weighted by Crippen LogP contribution is -2.33. The van der Waals surface area contributed by atoms with Gasteiger partial charge in [-0.25, -0.2) is 4.68 Å². The summed E-state index contributed by atoms with van der Waals surface area (Å²) in [4.78, 5) is 12.7. The Morgan fingerprint density at radius 1 is 1.32 bits per heavy atom. The predicted molar refractivity (Wildman–Crippen MR) is 95.5 cm³/mol. The molecular weight excluding hydrogens is 318 g/mol. The van der Waals surface area contributed by atoms with Gasteiger partial charge in [-0.3, -0.25) is 9.48 Å². The summed E-state index contributed by atoms with van der Waals surface area (Å²) in [6, 6.07) is 7.12. The lowest BCUT2D eigenvalue weighted by molar-refractivity contribution is -0.124. The van der Waals surface area contributed by atoms with Crippen LogP contribution in [0.3, 0.4) is 0 Å². The Balaban J connectivity index is 1.80. The number of methoxy groups -OCH3 is 1. The van der Waals surface area contributed by atoms with E-state index in [1.807, 2.05) is 52.1 Å². The number of hydrogen-bond donors (Lipinski definition) is 1. The second-order valence-corrected chi connectivity index (χ2v) is 6.21. The van der Waals surface area contributed by atoms with Crippen molar-refractivity contribution in [1.82, 2.24) is 24.9 Å². The van der Waals surface area contributed by atoms with E-state index in [-0.39, 0.29) is 11.9 Å². The summed E-state index contributed by atoms with van der Waals surface area (Å²) in [5, 5.41) is 11.8. The highest BCUT2D eigenvalue weighted by atomic mass is 16.5. The summed E-state index contributed by atoms with van der Waals surface area (Å²) in [5.41, 5.74) is 3.65. The van der Waals surface area contributed by atoms with Crippen molar-refractivity contribution in [1.29, 1.82) is 0 Å². The first-order valence-electron chi connectivity index (χ1n) is 8.23. The fourth-order valence-corrected chi connectivity index (χ4v) is 3.00. The smallest absolute Gasteiger partial charge is 0.245 e. The first kappa shape index (κ1) is 17.0. The van der Waals surface area contributed by atoms with E-state index < -0.39 is 6.04 Å². The molecule has 2 aromatic heterocycles. The monoisotopic (exact) mass is 341 g/mol. The van der Waals surface area contributed by atoms with E-state index in [0.29, 0.717) is 0 Å². The third-order valence-corrected chi connectivity index (χ3v) is 4.47. The summed E-state index contributed by atoms with van der Waals surface area (Å²) in [6.07, 6.45) is 1.74. The molecule has 7 heteroatoms. The Morgan fingerprint density at radius 2 is 2.08 bits per heavy atom. The predicted octanol–water partition coefficient (Wildman–Crippen LogP) is 2.53. The average Bonchev–Trinajstić information content (AvgIpc) is 3.16. The molecule has 7 nitrogen and oxygen atoms in total.